The summed E-state index contributed by atoms with van der Waals surface area (Å²) in [6, 6.07) is 8.47. The zero-order chi connectivity index (χ0) is 16.2. The Morgan fingerprint density at radius 2 is 1.86 bits per heavy atom. The fourth-order valence-corrected chi connectivity index (χ4v) is 3.98. The van der Waals surface area contributed by atoms with E-state index >= 15 is 0 Å². The lowest BCUT2D eigenvalue weighted by molar-refractivity contribution is -0.115. The van der Waals surface area contributed by atoms with Crippen LogP contribution in [0.2, 0.25) is 0 Å². The van der Waals surface area contributed by atoms with E-state index in [1.165, 1.54) is 41.7 Å². The van der Waals surface area contributed by atoms with E-state index in [2.05, 4.69) is 10.0 Å². The van der Waals surface area contributed by atoms with Crippen LogP contribution in [0.3, 0.4) is 0 Å². The highest BCUT2D eigenvalue weighted by Crippen LogP contribution is 2.21. The number of benzene rings is 1. The Hall–Kier alpha value is -1.77. The van der Waals surface area contributed by atoms with E-state index in [0.29, 0.717) is 5.69 Å². The van der Waals surface area contributed by atoms with Crippen LogP contribution in [0.5, 0.6) is 0 Å². The molecule has 118 valence electrons. The van der Waals surface area contributed by atoms with Crippen molar-refractivity contribution in [3.8, 4) is 0 Å². The van der Waals surface area contributed by atoms with E-state index in [0.717, 1.165) is 11.3 Å². The molecule has 1 aromatic carbocycles. The third-order valence-corrected chi connectivity index (χ3v) is 5.92. The molecular weight excluding hydrogens is 327 g/mol. The van der Waals surface area contributed by atoms with Gasteiger partial charge in [0.05, 0.1) is 6.54 Å². The summed E-state index contributed by atoms with van der Waals surface area (Å²) in [6.45, 7) is 1.55. The number of nitrogens with one attached hydrogen (secondary N) is 2. The molecule has 0 aliphatic heterocycles. The van der Waals surface area contributed by atoms with Crippen LogP contribution >= 0.6 is 11.3 Å². The summed E-state index contributed by atoms with van der Waals surface area (Å²) in [5.74, 6) is -0.939. The summed E-state index contributed by atoms with van der Waals surface area (Å²) in [6.07, 6.45) is 0.755. The second kappa shape index (κ2) is 6.99. The van der Waals surface area contributed by atoms with Crippen molar-refractivity contribution in [3.05, 3.63) is 47.1 Å². The number of hydrogen-bond donors (Lipinski definition) is 2. The highest BCUT2D eigenvalue weighted by molar-refractivity contribution is 7.91. The SMILES string of the molecule is CCc1ccc(S(=O)(=O)NCC(=O)Nc2ccc(F)cc2)s1. The number of hydrogen-bond acceptors (Lipinski definition) is 4. The first-order valence-electron chi connectivity index (χ1n) is 6.54. The molecule has 5 nitrogen and oxygen atoms in total. The minimum atomic E-state index is -3.70. The van der Waals surface area contributed by atoms with Crippen molar-refractivity contribution >= 4 is 33.0 Å². The molecule has 0 unspecified atom stereocenters. The first kappa shape index (κ1) is 16.6. The predicted molar refractivity (Wildman–Crippen MR) is 83.9 cm³/mol. The van der Waals surface area contributed by atoms with Gasteiger partial charge in [0.25, 0.3) is 10.0 Å². The quantitative estimate of drug-likeness (QED) is 0.846. The van der Waals surface area contributed by atoms with Gasteiger partial charge >= 0.3 is 0 Å². The smallest absolute Gasteiger partial charge is 0.250 e. The number of sulfonamides is 1. The van der Waals surface area contributed by atoms with Crippen LogP contribution in [-0.4, -0.2) is 20.9 Å². The third-order valence-electron chi connectivity index (χ3n) is 2.80. The molecule has 8 heteroatoms. The van der Waals surface area contributed by atoms with Gasteiger partial charge in [-0.2, -0.15) is 0 Å². The van der Waals surface area contributed by atoms with E-state index in [-0.39, 0.29) is 10.8 Å². The zero-order valence-electron chi connectivity index (χ0n) is 11.8. The summed E-state index contributed by atoms with van der Waals surface area (Å²) in [5, 5.41) is 2.48. The first-order chi connectivity index (χ1) is 10.4. The molecule has 0 saturated heterocycles. The van der Waals surface area contributed by atoms with Gasteiger partial charge in [0.15, 0.2) is 0 Å². The van der Waals surface area contributed by atoms with Crippen molar-refractivity contribution in [2.24, 2.45) is 0 Å². The monoisotopic (exact) mass is 342 g/mol. The second-order valence-corrected chi connectivity index (χ2v) is 7.62. The van der Waals surface area contributed by atoms with Gasteiger partial charge in [0.1, 0.15) is 10.0 Å². The number of anilines is 1. The van der Waals surface area contributed by atoms with Gasteiger partial charge in [0.2, 0.25) is 5.91 Å². The highest BCUT2D eigenvalue weighted by atomic mass is 32.2. The van der Waals surface area contributed by atoms with Crippen molar-refractivity contribution in [1.29, 1.82) is 0 Å². The zero-order valence-corrected chi connectivity index (χ0v) is 13.4. The van der Waals surface area contributed by atoms with Crippen molar-refractivity contribution in [2.45, 2.75) is 17.6 Å². The summed E-state index contributed by atoms with van der Waals surface area (Å²) < 4.78 is 39.2. The highest BCUT2D eigenvalue weighted by Gasteiger charge is 2.17. The topological polar surface area (TPSA) is 75.3 Å². The van der Waals surface area contributed by atoms with Crippen LogP contribution < -0.4 is 10.0 Å². The largest absolute Gasteiger partial charge is 0.325 e. The number of aryl methyl sites for hydroxylation is 1. The van der Waals surface area contributed by atoms with E-state index < -0.39 is 21.7 Å². The summed E-state index contributed by atoms with van der Waals surface area (Å²) in [7, 11) is -3.70. The first-order valence-corrected chi connectivity index (χ1v) is 8.84. The lowest BCUT2D eigenvalue weighted by Crippen LogP contribution is -2.32. The number of amides is 1. The molecule has 1 heterocycles. The van der Waals surface area contributed by atoms with Crippen LogP contribution in [-0.2, 0) is 21.2 Å². The fourth-order valence-electron chi connectivity index (χ4n) is 1.66. The average Bonchev–Trinajstić information content (AvgIpc) is 2.98. The van der Waals surface area contributed by atoms with Crippen LogP contribution in [0.1, 0.15) is 11.8 Å². The molecule has 0 aliphatic carbocycles. The number of rotatable bonds is 6. The molecule has 22 heavy (non-hydrogen) atoms. The normalized spacial score (nSPS) is 11.4. The van der Waals surface area contributed by atoms with Crippen molar-refractivity contribution in [1.82, 2.24) is 4.72 Å². The van der Waals surface area contributed by atoms with Crippen molar-refractivity contribution < 1.29 is 17.6 Å². The maximum atomic E-state index is 12.7. The minimum absolute atomic E-state index is 0.180. The van der Waals surface area contributed by atoms with Crippen LogP contribution in [0, 0.1) is 5.82 Å². The molecule has 0 radical (unpaired) electrons. The molecule has 2 rings (SSSR count). The van der Waals surface area contributed by atoms with Gasteiger partial charge in [-0.3, -0.25) is 4.79 Å². The molecule has 1 aromatic heterocycles. The Kier molecular flexibility index (Phi) is 5.28. The molecule has 0 fully saturated rings. The summed E-state index contributed by atoms with van der Waals surface area (Å²) in [5.41, 5.74) is 0.398. The Morgan fingerprint density at radius 1 is 1.18 bits per heavy atom. The Labute approximate surface area is 132 Å². The number of carbonyl (C=O) groups excluding carboxylic acids is 1. The van der Waals surface area contributed by atoms with E-state index in [1.807, 2.05) is 6.92 Å². The maximum Gasteiger partial charge on any atom is 0.250 e. The van der Waals surface area contributed by atoms with E-state index in [1.54, 1.807) is 6.07 Å². The number of thiophene rings is 1. The Bertz CT molecular complexity index is 755. The van der Waals surface area contributed by atoms with E-state index in [9.17, 15) is 17.6 Å². The van der Waals surface area contributed by atoms with Gasteiger partial charge in [-0.1, -0.05) is 6.92 Å². The van der Waals surface area contributed by atoms with Crippen molar-refractivity contribution in [3.63, 3.8) is 0 Å². The van der Waals surface area contributed by atoms with Crippen LogP contribution in [0.25, 0.3) is 0 Å². The Balaban J connectivity index is 1.93. The number of carbonyl (C=O) groups is 1. The molecule has 0 spiro atoms. The average molecular weight is 342 g/mol. The molecule has 2 aromatic rings. The number of halogens is 1. The second-order valence-electron chi connectivity index (χ2n) is 4.45. The molecule has 0 aliphatic rings. The van der Waals surface area contributed by atoms with Gasteiger partial charge < -0.3 is 5.32 Å². The van der Waals surface area contributed by atoms with Gasteiger partial charge in [-0.05, 0) is 42.8 Å². The van der Waals surface area contributed by atoms with Crippen LogP contribution in [0.15, 0.2) is 40.6 Å². The summed E-state index contributed by atoms with van der Waals surface area (Å²) in [4.78, 5) is 12.7. The van der Waals surface area contributed by atoms with Crippen molar-refractivity contribution in [2.75, 3.05) is 11.9 Å². The summed E-state index contributed by atoms with van der Waals surface area (Å²) >= 11 is 1.17. The van der Waals surface area contributed by atoms with E-state index in [4.69, 9.17) is 0 Å². The molecule has 0 saturated carbocycles. The van der Waals surface area contributed by atoms with Crippen LogP contribution in [0.4, 0.5) is 10.1 Å². The standard InChI is InChI=1S/C14H15FN2O3S2/c1-2-12-7-8-14(21-12)22(19,20)16-9-13(18)17-11-5-3-10(15)4-6-11/h3-8,16H,2,9H2,1H3,(H,17,18). The van der Waals surface area contributed by atoms with Gasteiger partial charge in [-0.15, -0.1) is 11.3 Å². The molecular formula is C14H15FN2O3S2. The molecule has 2 N–H and O–H groups in total. The third kappa shape index (κ3) is 4.36. The lowest BCUT2D eigenvalue weighted by atomic mass is 10.3. The fraction of sp³-hybridized carbons (Fsp3) is 0.214. The maximum absolute atomic E-state index is 12.7. The molecule has 0 bridgehead atoms. The molecule has 0 atom stereocenters. The molecule has 1 amide bonds. The lowest BCUT2D eigenvalue weighted by Gasteiger charge is -2.06. The Morgan fingerprint density at radius 3 is 2.45 bits per heavy atom. The van der Waals surface area contributed by atoms with Gasteiger partial charge in [0, 0.05) is 10.6 Å². The predicted octanol–water partition coefficient (Wildman–Crippen LogP) is 2.37. The van der Waals surface area contributed by atoms with Gasteiger partial charge in [-0.25, -0.2) is 17.5 Å². The minimum Gasteiger partial charge on any atom is -0.325 e.